The molecule has 1 aromatic rings. The van der Waals surface area contributed by atoms with Gasteiger partial charge in [-0.05, 0) is 43.2 Å². The van der Waals surface area contributed by atoms with Crippen LogP contribution < -0.4 is 17.0 Å². The summed E-state index contributed by atoms with van der Waals surface area (Å²) in [5.74, 6) is 0. The van der Waals surface area contributed by atoms with Crippen LogP contribution in [0.1, 0.15) is 53.3 Å². The maximum atomic E-state index is 13.9. The minimum Gasteiger partial charge on any atom is -0.414 e. The molecule has 2 aliphatic rings. The molecule has 2 aliphatic heterocycles. The van der Waals surface area contributed by atoms with E-state index in [0.717, 1.165) is 9.98 Å². The Labute approximate surface area is 256 Å². The molecule has 0 radical (unpaired) electrons. The number of hydrogen-bond donors (Lipinski definition) is 2. The number of nitrogens with two attached hydrogens (primary N) is 1. The highest BCUT2D eigenvalue weighted by Gasteiger charge is 2.67. The molecule has 244 valence electrons. The van der Waals surface area contributed by atoms with E-state index in [1.54, 1.807) is 6.92 Å². The number of hydrogen-bond acceptors (Lipinski definition) is 10. The molecule has 0 amide bonds. The summed E-state index contributed by atoms with van der Waals surface area (Å²) in [5, 5.41) is 9.55. The first-order chi connectivity index (χ1) is 19.4. The Morgan fingerprint density at radius 3 is 2.14 bits per heavy atom. The molecule has 1 fully saturated rings. The predicted octanol–water partition coefficient (Wildman–Crippen LogP) is 3.08. The van der Waals surface area contributed by atoms with E-state index in [4.69, 9.17) is 28.6 Å². The van der Waals surface area contributed by atoms with Gasteiger partial charge in [-0.1, -0.05) is 53.7 Å². The fraction of sp³-hybridized carbons (Fsp3) is 0.714. The van der Waals surface area contributed by atoms with Crippen LogP contribution in [-0.2, 0) is 34.4 Å². The Hall–Kier alpha value is -1.86. The van der Waals surface area contributed by atoms with Crippen molar-refractivity contribution in [3.05, 3.63) is 55.9 Å². The standard InChI is InChI=1S/C28H49N3O9SSi2/c1-19-16-31(25(34)30(23(19)33)14-12-13-15-32)24-22(39-43(10,11)27(5,6)7)28(20(29)18-41(35,36)40-28)21(38-24)17-37-42(8,9)26(2,3)4/h12-13,16,18,21-22,24,32H,14-15,17,29H2,1-11H3/b13-12+/t21-,22+,24-,28?/m1/s1. The smallest absolute Gasteiger partial charge is 0.333 e. The van der Waals surface area contributed by atoms with Crippen molar-refractivity contribution in [2.45, 2.75) is 115 Å². The van der Waals surface area contributed by atoms with Crippen molar-refractivity contribution in [3.63, 3.8) is 0 Å². The average molecular weight is 660 g/mol. The highest BCUT2D eigenvalue weighted by molar-refractivity contribution is 7.90. The van der Waals surface area contributed by atoms with Crippen LogP contribution in [0.2, 0.25) is 36.3 Å². The summed E-state index contributed by atoms with van der Waals surface area (Å²) in [4.78, 5) is 26.9. The number of aliphatic hydroxyl groups is 1. The highest BCUT2D eigenvalue weighted by Crippen LogP contribution is 2.52. The zero-order valence-electron chi connectivity index (χ0n) is 27.3. The first kappa shape index (κ1) is 35.6. The Bertz CT molecular complexity index is 1500. The van der Waals surface area contributed by atoms with Crippen LogP contribution in [0.25, 0.3) is 0 Å². The van der Waals surface area contributed by atoms with Crippen LogP contribution in [0.5, 0.6) is 0 Å². The van der Waals surface area contributed by atoms with Crippen molar-refractivity contribution in [2.75, 3.05) is 13.2 Å². The molecule has 1 unspecified atom stereocenters. The fourth-order valence-electron chi connectivity index (χ4n) is 4.57. The molecule has 3 rings (SSSR count). The Kier molecular flexibility index (Phi) is 9.79. The van der Waals surface area contributed by atoms with Gasteiger partial charge in [0.15, 0.2) is 28.5 Å². The quantitative estimate of drug-likeness (QED) is 0.229. The third kappa shape index (κ3) is 6.73. The first-order valence-electron chi connectivity index (χ1n) is 14.4. The molecule has 0 aromatic carbocycles. The fourth-order valence-corrected chi connectivity index (χ4v) is 8.08. The molecule has 43 heavy (non-hydrogen) atoms. The SMILES string of the molecule is Cc1cn([C@@H]2O[C@H](CO[Si](C)(C)C(C)(C)C)C3(OS(=O)(=O)C=C3N)[C@H]2O[Si](C)(C)C(C)(C)C)c(=O)n(C/C=C/CO)c1=O. The number of ether oxygens (including phenoxy) is 1. The van der Waals surface area contributed by atoms with Gasteiger partial charge in [0, 0.05) is 18.3 Å². The Balaban J connectivity index is 2.30. The summed E-state index contributed by atoms with van der Waals surface area (Å²) in [5.41, 5.74) is 3.64. The van der Waals surface area contributed by atoms with Crippen molar-refractivity contribution < 1.29 is 31.3 Å². The van der Waals surface area contributed by atoms with Crippen molar-refractivity contribution in [1.29, 1.82) is 0 Å². The van der Waals surface area contributed by atoms with Gasteiger partial charge in [0.05, 0.1) is 24.3 Å². The number of allylic oxidation sites excluding steroid dienone is 1. The highest BCUT2D eigenvalue weighted by atomic mass is 32.2. The summed E-state index contributed by atoms with van der Waals surface area (Å²) >= 11 is 0. The molecule has 0 saturated carbocycles. The van der Waals surface area contributed by atoms with Gasteiger partial charge in [-0.15, -0.1) is 0 Å². The number of rotatable bonds is 9. The van der Waals surface area contributed by atoms with Gasteiger partial charge in [0.2, 0.25) is 0 Å². The monoisotopic (exact) mass is 659 g/mol. The van der Waals surface area contributed by atoms with E-state index < -0.39 is 62.0 Å². The summed E-state index contributed by atoms with van der Waals surface area (Å²) in [7, 11) is -9.31. The molecule has 1 saturated heterocycles. The molecule has 15 heteroatoms. The van der Waals surface area contributed by atoms with E-state index in [9.17, 15) is 18.0 Å². The lowest BCUT2D eigenvalue weighted by atomic mass is 9.89. The number of nitrogens with zero attached hydrogens (tertiary/aromatic N) is 2. The third-order valence-corrected chi connectivity index (χ3v) is 19.3. The predicted molar refractivity (Wildman–Crippen MR) is 170 cm³/mol. The van der Waals surface area contributed by atoms with Gasteiger partial charge in [-0.3, -0.25) is 13.9 Å². The van der Waals surface area contributed by atoms with E-state index in [2.05, 4.69) is 33.9 Å². The number of aromatic nitrogens is 2. The van der Waals surface area contributed by atoms with Crippen LogP contribution in [0, 0.1) is 6.92 Å². The molecular weight excluding hydrogens is 611 g/mol. The van der Waals surface area contributed by atoms with Crippen molar-refractivity contribution >= 4 is 26.8 Å². The average Bonchev–Trinajstić information content (AvgIpc) is 3.27. The molecule has 1 aromatic heterocycles. The van der Waals surface area contributed by atoms with Crippen LogP contribution in [0.3, 0.4) is 0 Å². The second-order valence-corrected chi connectivity index (χ2v) is 25.4. The van der Waals surface area contributed by atoms with E-state index in [1.807, 2.05) is 33.9 Å². The molecule has 0 aliphatic carbocycles. The minimum absolute atomic E-state index is 0.0684. The van der Waals surface area contributed by atoms with Crippen molar-refractivity contribution in [1.82, 2.24) is 9.13 Å². The number of aliphatic hydroxyl groups excluding tert-OH is 1. The lowest BCUT2D eigenvalue weighted by Gasteiger charge is -2.43. The van der Waals surface area contributed by atoms with Crippen molar-refractivity contribution in [2.24, 2.45) is 5.73 Å². The lowest BCUT2D eigenvalue weighted by Crippen LogP contribution is -2.59. The second-order valence-electron chi connectivity index (χ2n) is 14.4. The van der Waals surface area contributed by atoms with Gasteiger partial charge in [0.25, 0.3) is 15.7 Å². The van der Waals surface area contributed by atoms with Crippen LogP contribution in [0.4, 0.5) is 0 Å². The molecule has 12 nitrogen and oxygen atoms in total. The summed E-state index contributed by atoms with van der Waals surface area (Å²) < 4.78 is 54.0. The Morgan fingerprint density at radius 1 is 1.07 bits per heavy atom. The molecule has 3 heterocycles. The van der Waals surface area contributed by atoms with E-state index in [-0.39, 0.29) is 41.1 Å². The largest absolute Gasteiger partial charge is 0.414 e. The van der Waals surface area contributed by atoms with Crippen LogP contribution in [0.15, 0.2) is 39.0 Å². The second kappa shape index (κ2) is 11.8. The maximum Gasteiger partial charge on any atom is 0.333 e. The maximum absolute atomic E-state index is 13.9. The molecule has 1 spiro atoms. The Morgan fingerprint density at radius 2 is 1.65 bits per heavy atom. The normalized spacial score (nSPS) is 26.5. The van der Waals surface area contributed by atoms with Gasteiger partial charge in [-0.2, -0.15) is 8.42 Å². The van der Waals surface area contributed by atoms with Gasteiger partial charge >= 0.3 is 5.69 Å². The lowest BCUT2D eigenvalue weighted by molar-refractivity contribution is -0.0567. The van der Waals surface area contributed by atoms with Gasteiger partial charge in [0.1, 0.15) is 12.2 Å². The zero-order chi connectivity index (χ0) is 33.0. The van der Waals surface area contributed by atoms with Gasteiger partial charge in [-0.25, -0.2) is 8.98 Å². The molecule has 4 atom stereocenters. The molecule has 3 N–H and O–H groups in total. The number of aryl methyl sites for hydroxylation is 1. The minimum atomic E-state index is -4.23. The van der Waals surface area contributed by atoms with Crippen molar-refractivity contribution in [3.8, 4) is 0 Å². The summed E-state index contributed by atoms with van der Waals surface area (Å²) in [6, 6.07) is 0. The van der Waals surface area contributed by atoms with E-state index in [0.29, 0.717) is 0 Å². The van der Waals surface area contributed by atoms with E-state index in [1.165, 1.54) is 22.9 Å². The van der Waals surface area contributed by atoms with Crippen LogP contribution >= 0.6 is 0 Å². The molecular formula is C28H49N3O9SSi2. The first-order valence-corrected chi connectivity index (χ1v) is 21.7. The summed E-state index contributed by atoms with van der Waals surface area (Å²) in [6.45, 7) is 21.6. The summed E-state index contributed by atoms with van der Waals surface area (Å²) in [6.07, 6.45) is 0.846. The van der Waals surface area contributed by atoms with Crippen LogP contribution in [-0.4, -0.2) is 70.3 Å². The van der Waals surface area contributed by atoms with E-state index >= 15 is 0 Å². The topological polar surface area (TPSA) is 161 Å². The van der Waals surface area contributed by atoms with Gasteiger partial charge < -0.3 is 24.4 Å². The molecule has 0 bridgehead atoms. The third-order valence-electron chi connectivity index (χ3n) is 9.27. The zero-order valence-corrected chi connectivity index (χ0v) is 30.1.